The molecule has 0 fully saturated rings. The van der Waals surface area contributed by atoms with Gasteiger partial charge in [-0.15, -0.1) is 0 Å². The average Bonchev–Trinajstić information content (AvgIpc) is 3.17. The summed E-state index contributed by atoms with van der Waals surface area (Å²) in [5.41, 5.74) is 2.63. The highest BCUT2D eigenvalue weighted by Crippen LogP contribution is 2.29. The number of hydrogen-bond donors (Lipinski definition) is 1. The van der Waals surface area contributed by atoms with Crippen LogP contribution >= 0.6 is 0 Å². The molecule has 0 aliphatic heterocycles. The molecule has 3 aromatic heterocycles. The summed E-state index contributed by atoms with van der Waals surface area (Å²) in [4.78, 5) is 17.9. The number of pyridine rings is 1. The molecule has 3 rings (SSSR count). The van der Waals surface area contributed by atoms with Crippen molar-refractivity contribution in [2.75, 3.05) is 5.32 Å². The van der Waals surface area contributed by atoms with Crippen LogP contribution in [0.15, 0.2) is 18.3 Å². The summed E-state index contributed by atoms with van der Waals surface area (Å²) < 4.78 is 3.73. The Morgan fingerprint density at radius 2 is 1.76 bits per heavy atom. The van der Waals surface area contributed by atoms with Gasteiger partial charge in [0.15, 0.2) is 5.65 Å². The average molecular weight is 397 g/mol. The molecule has 1 N–H and O–H groups in total. The van der Waals surface area contributed by atoms with Gasteiger partial charge in [-0.2, -0.15) is 10.2 Å². The van der Waals surface area contributed by atoms with Crippen molar-refractivity contribution in [3.05, 3.63) is 35.3 Å². The predicted molar refractivity (Wildman–Crippen MR) is 117 cm³/mol. The van der Waals surface area contributed by atoms with Gasteiger partial charge in [-0.1, -0.05) is 20.8 Å². The number of aryl methyl sites for hydroxylation is 1. The maximum atomic E-state index is 13.3. The zero-order valence-corrected chi connectivity index (χ0v) is 19.0. The number of carbonyl (C=O) groups is 1. The number of anilines is 1. The molecule has 3 aromatic rings. The van der Waals surface area contributed by atoms with Gasteiger partial charge in [-0.3, -0.25) is 4.79 Å². The second-order valence-corrected chi connectivity index (χ2v) is 9.93. The molecule has 0 bridgehead atoms. The molecule has 0 atom stereocenters. The summed E-state index contributed by atoms with van der Waals surface area (Å²) in [7, 11) is 0. The molecular formula is C22H32N6O. The third-order valence-corrected chi connectivity index (χ3v) is 4.78. The van der Waals surface area contributed by atoms with Crippen molar-refractivity contribution < 1.29 is 4.79 Å². The first kappa shape index (κ1) is 21.0. The van der Waals surface area contributed by atoms with Crippen molar-refractivity contribution in [1.82, 2.24) is 24.5 Å². The Morgan fingerprint density at radius 3 is 2.31 bits per heavy atom. The van der Waals surface area contributed by atoms with Crippen molar-refractivity contribution in [1.29, 1.82) is 0 Å². The number of carbonyl (C=O) groups excluding carboxylic acids is 1. The highest BCUT2D eigenvalue weighted by molar-refractivity contribution is 6.11. The van der Waals surface area contributed by atoms with E-state index in [9.17, 15) is 4.79 Å². The largest absolute Gasteiger partial charge is 0.307 e. The summed E-state index contributed by atoms with van der Waals surface area (Å²) in [5, 5.41) is 13.0. The lowest BCUT2D eigenvalue weighted by atomic mass is 9.92. The van der Waals surface area contributed by atoms with Crippen molar-refractivity contribution in [2.45, 2.75) is 79.3 Å². The number of nitrogens with one attached hydrogen (secondary N) is 1. The summed E-state index contributed by atoms with van der Waals surface area (Å²) in [6.45, 7) is 18.6. The first-order chi connectivity index (χ1) is 13.3. The Bertz CT molecular complexity index is 1060. The summed E-state index contributed by atoms with van der Waals surface area (Å²) in [6.07, 6.45) is 1.72. The lowest BCUT2D eigenvalue weighted by molar-refractivity contribution is 0.102. The Balaban J connectivity index is 2.07. The number of nitrogens with zero attached hydrogens (tertiary/aromatic N) is 5. The van der Waals surface area contributed by atoms with E-state index in [1.807, 2.05) is 42.3 Å². The van der Waals surface area contributed by atoms with E-state index >= 15 is 0 Å². The van der Waals surface area contributed by atoms with Crippen LogP contribution in [-0.2, 0) is 11.0 Å². The molecule has 3 heterocycles. The molecule has 1 amide bonds. The van der Waals surface area contributed by atoms with Crippen LogP contribution < -0.4 is 5.32 Å². The van der Waals surface area contributed by atoms with Crippen LogP contribution in [0, 0.1) is 6.92 Å². The molecule has 0 aliphatic carbocycles. The standard InChI is InChI=1S/C22H32N6O/c1-13(2)27-19-16(12-23-27)15(10-14(3)24-19)20(29)25-18-11-17(21(4,5)6)26-28(18)22(7,8)9/h10-13H,1-9H3,(H,25,29). The molecule has 7 nitrogen and oxygen atoms in total. The van der Waals surface area contributed by atoms with Gasteiger partial charge in [0.1, 0.15) is 5.82 Å². The second kappa shape index (κ2) is 6.97. The summed E-state index contributed by atoms with van der Waals surface area (Å²) >= 11 is 0. The van der Waals surface area contributed by atoms with Crippen LogP contribution in [0.25, 0.3) is 11.0 Å². The molecular weight excluding hydrogens is 364 g/mol. The molecule has 0 aromatic carbocycles. The zero-order valence-electron chi connectivity index (χ0n) is 19.0. The molecule has 0 saturated carbocycles. The van der Waals surface area contributed by atoms with E-state index < -0.39 is 0 Å². The molecule has 0 radical (unpaired) electrons. The maximum Gasteiger partial charge on any atom is 0.257 e. The second-order valence-electron chi connectivity index (χ2n) is 9.93. The number of amides is 1. The third-order valence-electron chi connectivity index (χ3n) is 4.78. The molecule has 156 valence electrons. The Kier molecular flexibility index (Phi) is 5.05. The smallest absolute Gasteiger partial charge is 0.257 e. The molecule has 29 heavy (non-hydrogen) atoms. The fourth-order valence-electron chi connectivity index (χ4n) is 3.24. The maximum absolute atomic E-state index is 13.3. The van der Waals surface area contributed by atoms with Crippen molar-refractivity contribution in [3.8, 4) is 0 Å². The van der Waals surface area contributed by atoms with Gasteiger partial charge in [-0.05, 0) is 47.6 Å². The van der Waals surface area contributed by atoms with E-state index in [1.54, 1.807) is 6.20 Å². The minimum Gasteiger partial charge on any atom is -0.307 e. The number of rotatable bonds is 3. The zero-order chi connectivity index (χ0) is 21.7. The Labute approximate surface area is 172 Å². The SMILES string of the molecule is Cc1cc(C(=O)Nc2cc(C(C)(C)C)nn2C(C)(C)C)c2cnn(C(C)C)c2n1. The minimum absolute atomic E-state index is 0.116. The van der Waals surface area contributed by atoms with Crippen molar-refractivity contribution in [3.63, 3.8) is 0 Å². The van der Waals surface area contributed by atoms with Gasteiger partial charge in [0.25, 0.3) is 5.91 Å². The first-order valence-corrected chi connectivity index (χ1v) is 10.1. The van der Waals surface area contributed by atoms with Gasteiger partial charge in [-0.25, -0.2) is 14.3 Å². The monoisotopic (exact) mass is 396 g/mol. The molecule has 0 aliphatic rings. The molecule has 0 saturated heterocycles. The highest BCUT2D eigenvalue weighted by Gasteiger charge is 2.26. The topological polar surface area (TPSA) is 77.6 Å². The quantitative estimate of drug-likeness (QED) is 0.688. The van der Waals surface area contributed by atoms with Crippen molar-refractivity contribution in [2.24, 2.45) is 0 Å². The van der Waals surface area contributed by atoms with Gasteiger partial charge in [0, 0.05) is 23.2 Å². The fraction of sp³-hybridized carbons (Fsp3) is 0.545. The normalized spacial score (nSPS) is 12.8. The van der Waals surface area contributed by atoms with Crippen LogP contribution in [0.4, 0.5) is 5.82 Å². The van der Waals surface area contributed by atoms with Crippen molar-refractivity contribution >= 4 is 22.8 Å². The Hall–Kier alpha value is -2.70. The van der Waals surface area contributed by atoms with Crippen LogP contribution in [0.3, 0.4) is 0 Å². The number of hydrogen-bond acceptors (Lipinski definition) is 4. The Morgan fingerprint density at radius 1 is 1.10 bits per heavy atom. The van der Waals surface area contributed by atoms with E-state index in [0.29, 0.717) is 11.4 Å². The fourth-order valence-corrected chi connectivity index (χ4v) is 3.24. The van der Waals surface area contributed by atoms with E-state index in [0.717, 1.165) is 22.4 Å². The lowest BCUT2D eigenvalue weighted by Gasteiger charge is -2.23. The highest BCUT2D eigenvalue weighted by atomic mass is 16.1. The van der Waals surface area contributed by atoms with Crippen LogP contribution in [0.5, 0.6) is 0 Å². The van der Waals surface area contributed by atoms with Crippen LogP contribution in [0.2, 0.25) is 0 Å². The van der Waals surface area contributed by atoms with Gasteiger partial charge < -0.3 is 5.32 Å². The van der Waals surface area contributed by atoms with Gasteiger partial charge >= 0.3 is 0 Å². The molecule has 7 heteroatoms. The van der Waals surface area contributed by atoms with E-state index in [-0.39, 0.29) is 22.9 Å². The van der Waals surface area contributed by atoms with Crippen LogP contribution in [0.1, 0.15) is 83.2 Å². The summed E-state index contributed by atoms with van der Waals surface area (Å²) in [6, 6.07) is 3.94. The van der Waals surface area contributed by atoms with E-state index in [4.69, 9.17) is 5.10 Å². The van der Waals surface area contributed by atoms with E-state index in [2.05, 4.69) is 56.9 Å². The molecule has 0 unspecified atom stereocenters. The predicted octanol–water partition coefficient (Wildman–Crippen LogP) is 4.82. The number of fused-ring (bicyclic) bond motifs is 1. The van der Waals surface area contributed by atoms with Gasteiger partial charge in [0.05, 0.1) is 28.4 Å². The molecule has 0 spiro atoms. The summed E-state index contributed by atoms with van der Waals surface area (Å²) in [5.74, 6) is 0.501. The third kappa shape index (κ3) is 4.04. The van der Waals surface area contributed by atoms with Gasteiger partial charge in [0.2, 0.25) is 0 Å². The van der Waals surface area contributed by atoms with E-state index in [1.165, 1.54) is 0 Å². The number of aromatic nitrogens is 5. The first-order valence-electron chi connectivity index (χ1n) is 10.1. The van der Waals surface area contributed by atoms with Crippen LogP contribution in [-0.4, -0.2) is 30.5 Å². The minimum atomic E-state index is -0.266. The lowest BCUT2D eigenvalue weighted by Crippen LogP contribution is -2.27.